The van der Waals surface area contributed by atoms with Gasteiger partial charge in [-0.3, -0.25) is 9.80 Å². The number of piperazine rings is 1. The van der Waals surface area contributed by atoms with Crippen LogP contribution in [0.15, 0.2) is 48.8 Å². The van der Waals surface area contributed by atoms with Gasteiger partial charge in [-0.05, 0) is 48.4 Å². The van der Waals surface area contributed by atoms with Gasteiger partial charge in [0.05, 0.1) is 5.52 Å². The van der Waals surface area contributed by atoms with E-state index in [1.165, 1.54) is 24.0 Å². The Kier molecular flexibility index (Phi) is 5.46. The molecule has 2 saturated heterocycles. The van der Waals surface area contributed by atoms with Crippen LogP contribution in [0.4, 0.5) is 11.5 Å². The number of rotatable bonds is 4. The van der Waals surface area contributed by atoms with E-state index in [1.807, 2.05) is 18.2 Å². The van der Waals surface area contributed by atoms with E-state index in [1.54, 1.807) is 0 Å². The molecular weight excluding hydrogens is 396 g/mol. The predicted molar refractivity (Wildman–Crippen MR) is 123 cm³/mol. The predicted octanol–water partition coefficient (Wildman–Crippen LogP) is 3.26. The number of fused-ring (bicyclic) bond motifs is 1. The van der Waals surface area contributed by atoms with Crippen molar-refractivity contribution < 1.29 is 0 Å². The first-order valence-corrected chi connectivity index (χ1v) is 11.0. The average molecular weight is 423 g/mol. The number of nitrogens with zero attached hydrogens (tertiary/aromatic N) is 5. The normalized spacial score (nSPS) is 20.8. The lowest BCUT2D eigenvalue weighted by atomic mass is 10.1. The van der Waals surface area contributed by atoms with Gasteiger partial charge < -0.3 is 10.6 Å². The zero-order chi connectivity index (χ0) is 20.5. The minimum absolute atomic E-state index is 0.546. The molecule has 7 heteroatoms. The minimum Gasteiger partial charge on any atom is -0.383 e. The lowest BCUT2D eigenvalue weighted by Gasteiger charge is -2.38. The zero-order valence-corrected chi connectivity index (χ0v) is 17.8. The van der Waals surface area contributed by atoms with E-state index in [2.05, 4.69) is 48.9 Å². The van der Waals surface area contributed by atoms with Gasteiger partial charge in [0.15, 0.2) is 0 Å². The Hall–Kier alpha value is -2.41. The fourth-order valence-electron chi connectivity index (χ4n) is 4.69. The van der Waals surface area contributed by atoms with Crippen molar-refractivity contribution in [2.75, 3.05) is 49.9 Å². The maximum atomic E-state index is 6.03. The second kappa shape index (κ2) is 8.38. The molecule has 2 N–H and O–H groups in total. The molecule has 6 nitrogen and oxygen atoms in total. The zero-order valence-electron chi connectivity index (χ0n) is 17.0. The molecule has 2 aliphatic rings. The fraction of sp³-hybridized carbons (Fsp3) is 0.391. The molecule has 3 aromatic rings. The Balaban J connectivity index is 1.15. The van der Waals surface area contributed by atoms with Crippen LogP contribution in [0.1, 0.15) is 12.0 Å². The molecule has 2 aliphatic heterocycles. The number of hydrogen-bond acceptors (Lipinski definition) is 6. The maximum absolute atomic E-state index is 6.03. The number of anilines is 2. The number of halogens is 1. The maximum Gasteiger partial charge on any atom is 0.134 e. The SMILES string of the molecule is Nc1ncnc2cc(CN3CCN(C4CCN(c5ccc(Cl)cc5)C4)CC3)ccc12. The first kappa shape index (κ1) is 19.5. The molecule has 156 valence electrons. The number of hydrogen-bond donors (Lipinski definition) is 1. The van der Waals surface area contributed by atoms with E-state index < -0.39 is 0 Å². The summed E-state index contributed by atoms with van der Waals surface area (Å²) in [6, 6.07) is 15.2. The summed E-state index contributed by atoms with van der Waals surface area (Å²) in [5, 5.41) is 1.73. The average Bonchev–Trinajstić information content (AvgIpc) is 3.25. The third-order valence-electron chi connectivity index (χ3n) is 6.42. The van der Waals surface area contributed by atoms with Gasteiger partial charge in [0, 0.05) is 68.0 Å². The molecular formula is C23H27ClN6. The van der Waals surface area contributed by atoms with Crippen molar-refractivity contribution in [1.29, 1.82) is 0 Å². The van der Waals surface area contributed by atoms with E-state index in [9.17, 15) is 0 Å². The van der Waals surface area contributed by atoms with Crippen LogP contribution in [-0.4, -0.2) is 65.1 Å². The lowest BCUT2D eigenvalue weighted by molar-refractivity contribution is 0.0987. The largest absolute Gasteiger partial charge is 0.383 e. The standard InChI is InChI=1S/C23H27ClN6/c24-18-2-4-19(5-3-18)30-8-7-20(15-30)29-11-9-28(10-12-29)14-17-1-6-21-22(13-17)26-16-27-23(21)25/h1-6,13,16,20H,7-12,14-15H2,(H2,25,26,27). The number of benzene rings is 2. The molecule has 1 atom stereocenters. The summed E-state index contributed by atoms with van der Waals surface area (Å²) >= 11 is 6.03. The minimum atomic E-state index is 0.546. The molecule has 0 aliphatic carbocycles. The highest BCUT2D eigenvalue weighted by molar-refractivity contribution is 6.30. The van der Waals surface area contributed by atoms with Crippen LogP contribution in [0.5, 0.6) is 0 Å². The van der Waals surface area contributed by atoms with E-state index in [-0.39, 0.29) is 0 Å². The van der Waals surface area contributed by atoms with Crippen molar-refractivity contribution in [3.05, 3.63) is 59.4 Å². The number of nitrogens with two attached hydrogens (primary N) is 1. The van der Waals surface area contributed by atoms with Gasteiger partial charge in [0.25, 0.3) is 0 Å². The highest BCUT2D eigenvalue weighted by atomic mass is 35.5. The van der Waals surface area contributed by atoms with Gasteiger partial charge in [-0.15, -0.1) is 0 Å². The van der Waals surface area contributed by atoms with Crippen LogP contribution in [0, 0.1) is 0 Å². The van der Waals surface area contributed by atoms with Crippen LogP contribution < -0.4 is 10.6 Å². The highest BCUT2D eigenvalue weighted by Gasteiger charge is 2.30. The summed E-state index contributed by atoms with van der Waals surface area (Å²) in [4.78, 5) is 16.1. The van der Waals surface area contributed by atoms with Gasteiger partial charge in [-0.25, -0.2) is 9.97 Å². The van der Waals surface area contributed by atoms with Crippen molar-refractivity contribution in [3.8, 4) is 0 Å². The molecule has 2 aromatic carbocycles. The van der Waals surface area contributed by atoms with Crippen LogP contribution >= 0.6 is 11.6 Å². The van der Waals surface area contributed by atoms with Gasteiger partial charge in [0.1, 0.15) is 12.1 Å². The van der Waals surface area contributed by atoms with Crippen LogP contribution in [0.3, 0.4) is 0 Å². The van der Waals surface area contributed by atoms with Gasteiger partial charge in [0.2, 0.25) is 0 Å². The summed E-state index contributed by atoms with van der Waals surface area (Å²) in [7, 11) is 0. The van der Waals surface area contributed by atoms with Gasteiger partial charge >= 0.3 is 0 Å². The van der Waals surface area contributed by atoms with Crippen molar-refractivity contribution in [3.63, 3.8) is 0 Å². The van der Waals surface area contributed by atoms with Crippen molar-refractivity contribution >= 4 is 34.0 Å². The Bertz CT molecular complexity index is 1020. The molecule has 1 unspecified atom stereocenters. The Morgan fingerprint density at radius 2 is 1.77 bits per heavy atom. The second-order valence-electron chi connectivity index (χ2n) is 8.29. The fourth-order valence-corrected chi connectivity index (χ4v) is 4.82. The first-order valence-electron chi connectivity index (χ1n) is 10.6. The Morgan fingerprint density at radius 3 is 2.57 bits per heavy atom. The first-order chi connectivity index (χ1) is 14.7. The molecule has 30 heavy (non-hydrogen) atoms. The molecule has 3 heterocycles. The topological polar surface area (TPSA) is 61.5 Å². The van der Waals surface area contributed by atoms with Crippen molar-refractivity contribution in [1.82, 2.24) is 19.8 Å². The summed E-state index contributed by atoms with van der Waals surface area (Å²) in [5.41, 5.74) is 9.43. The molecule has 0 radical (unpaired) electrons. The second-order valence-corrected chi connectivity index (χ2v) is 8.72. The molecule has 2 fully saturated rings. The molecule has 0 spiro atoms. The monoisotopic (exact) mass is 422 g/mol. The van der Waals surface area contributed by atoms with Crippen LogP contribution in [0.25, 0.3) is 10.9 Å². The van der Waals surface area contributed by atoms with E-state index in [0.717, 1.165) is 61.7 Å². The molecule has 5 rings (SSSR count). The molecule has 1 aromatic heterocycles. The van der Waals surface area contributed by atoms with Crippen LogP contribution in [0.2, 0.25) is 5.02 Å². The molecule has 0 bridgehead atoms. The summed E-state index contributed by atoms with van der Waals surface area (Å²) in [6.45, 7) is 7.63. The summed E-state index contributed by atoms with van der Waals surface area (Å²) in [5.74, 6) is 0.546. The lowest BCUT2D eigenvalue weighted by Crippen LogP contribution is -2.50. The summed E-state index contributed by atoms with van der Waals surface area (Å²) < 4.78 is 0. The third kappa shape index (κ3) is 4.08. The third-order valence-corrected chi connectivity index (χ3v) is 6.67. The van der Waals surface area contributed by atoms with Crippen LogP contribution in [-0.2, 0) is 6.54 Å². The Morgan fingerprint density at radius 1 is 0.967 bits per heavy atom. The smallest absolute Gasteiger partial charge is 0.134 e. The van der Waals surface area contributed by atoms with Crippen molar-refractivity contribution in [2.24, 2.45) is 0 Å². The van der Waals surface area contributed by atoms with E-state index in [4.69, 9.17) is 17.3 Å². The number of aromatic nitrogens is 2. The summed E-state index contributed by atoms with van der Waals surface area (Å²) in [6.07, 6.45) is 2.77. The van der Waals surface area contributed by atoms with Gasteiger partial charge in [-0.1, -0.05) is 17.7 Å². The molecule has 0 amide bonds. The Labute approximate surface area is 182 Å². The van der Waals surface area contributed by atoms with E-state index in [0.29, 0.717) is 11.9 Å². The number of nitrogen functional groups attached to an aromatic ring is 1. The quantitative estimate of drug-likeness (QED) is 0.696. The van der Waals surface area contributed by atoms with Gasteiger partial charge in [-0.2, -0.15) is 0 Å². The highest BCUT2D eigenvalue weighted by Crippen LogP contribution is 2.25. The van der Waals surface area contributed by atoms with Crippen molar-refractivity contribution in [2.45, 2.75) is 19.0 Å². The van der Waals surface area contributed by atoms with E-state index >= 15 is 0 Å². The molecule has 0 saturated carbocycles.